The summed E-state index contributed by atoms with van der Waals surface area (Å²) in [6, 6.07) is 5.76. The third-order valence-electron chi connectivity index (χ3n) is 5.09. The zero-order valence-corrected chi connectivity index (χ0v) is 16.2. The minimum absolute atomic E-state index is 0.217. The molecule has 146 valence electrons. The summed E-state index contributed by atoms with van der Waals surface area (Å²) in [5.74, 6) is 1.66. The van der Waals surface area contributed by atoms with Gasteiger partial charge in [-0.2, -0.15) is 0 Å². The van der Waals surface area contributed by atoms with Crippen molar-refractivity contribution in [2.24, 2.45) is 5.92 Å². The van der Waals surface area contributed by atoms with Gasteiger partial charge in [-0.3, -0.25) is 4.79 Å². The summed E-state index contributed by atoms with van der Waals surface area (Å²) in [4.78, 5) is 17.9. The van der Waals surface area contributed by atoms with Crippen LogP contribution in [0.3, 0.4) is 0 Å². The number of hydrogen-bond acceptors (Lipinski definition) is 6. The number of furan rings is 1. The van der Waals surface area contributed by atoms with Gasteiger partial charge < -0.3 is 24.1 Å². The summed E-state index contributed by atoms with van der Waals surface area (Å²) in [5.41, 5.74) is 1.14. The summed E-state index contributed by atoms with van der Waals surface area (Å²) >= 11 is 1.69. The van der Waals surface area contributed by atoms with E-state index in [1.807, 2.05) is 17.0 Å². The van der Waals surface area contributed by atoms with Gasteiger partial charge in [-0.05, 0) is 42.3 Å². The first-order valence-corrected chi connectivity index (χ1v) is 10.4. The molecule has 1 saturated carbocycles. The lowest BCUT2D eigenvalue weighted by molar-refractivity contribution is -0.132. The molecule has 1 unspecified atom stereocenters. The van der Waals surface area contributed by atoms with Crippen molar-refractivity contribution in [1.82, 2.24) is 4.90 Å². The molecule has 1 N–H and O–H groups in total. The van der Waals surface area contributed by atoms with E-state index in [4.69, 9.17) is 9.15 Å². The number of carbonyl (C=O) groups excluding carboxylic acids is 1. The molecule has 7 heteroatoms. The van der Waals surface area contributed by atoms with Crippen molar-refractivity contribution in [3.63, 3.8) is 0 Å². The molecule has 0 saturated heterocycles. The number of aliphatic hydroxyl groups excluding tert-OH is 1. The minimum atomic E-state index is -0.621. The average Bonchev–Trinajstić information content (AvgIpc) is 3.11. The molecule has 0 spiro atoms. The van der Waals surface area contributed by atoms with E-state index in [1.54, 1.807) is 17.6 Å². The lowest BCUT2D eigenvalue weighted by atomic mass is 10.2. The number of β-amino-alcohol motifs (C(OH)–C–C–N with tert-alkyl or cyclic N) is 1. The zero-order chi connectivity index (χ0) is 18.6. The minimum Gasteiger partial charge on any atom is -0.467 e. The predicted molar refractivity (Wildman–Crippen MR) is 104 cm³/mol. The van der Waals surface area contributed by atoms with Crippen LogP contribution in [0.15, 0.2) is 34.3 Å². The summed E-state index contributed by atoms with van der Waals surface area (Å²) in [6.45, 7) is 3.24. The molecule has 3 heterocycles. The van der Waals surface area contributed by atoms with Crippen molar-refractivity contribution < 1.29 is 19.1 Å². The Hall–Kier alpha value is -1.83. The van der Waals surface area contributed by atoms with Gasteiger partial charge in [-0.15, -0.1) is 11.3 Å². The summed E-state index contributed by atoms with van der Waals surface area (Å²) in [5, 5.41) is 12.5. The van der Waals surface area contributed by atoms with Crippen LogP contribution in [0.1, 0.15) is 29.9 Å². The fourth-order valence-corrected chi connectivity index (χ4v) is 4.38. The highest BCUT2D eigenvalue weighted by molar-refractivity contribution is 7.10. The zero-order valence-electron chi connectivity index (χ0n) is 15.4. The maximum atomic E-state index is 12.6. The highest BCUT2D eigenvalue weighted by atomic mass is 32.1. The largest absolute Gasteiger partial charge is 0.467 e. The number of rotatable bonds is 8. The standard InChI is InChI=1S/C20H26N2O4S/c23-16(13-25-14-17-2-1-8-26-17)11-21-7-5-20(24)22(10-15-3-4-15)12-19-18(21)6-9-27-19/h1-2,6,8-9,15-16,23H,3-5,7,10-14H2. The topological polar surface area (TPSA) is 66.2 Å². The Morgan fingerprint density at radius 3 is 3.00 bits per heavy atom. The number of aliphatic hydroxyl groups is 1. The Kier molecular flexibility index (Phi) is 5.80. The van der Waals surface area contributed by atoms with Crippen LogP contribution < -0.4 is 4.90 Å². The van der Waals surface area contributed by atoms with E-state index in [2.05, 4.69) is 16.3 Å². The second-order valence-electron chi connectivity index (χ2n) is 7.39. The SMILES string of the molecule is O=C1CCN(CC(O)COCc2ccco2)c2ccsc2CN1CC1CC1. The van der Waals surface area contributed by atoms with E-state index in [9.17, 15) is 9.90 Å². The molecular weight excluding hydrogens is 364 g/mol. The van der Waals surface area contributed by atoms with Crippen LogP contribution in [-0.2, 0) is 22.7 Å². The van der Waals surface area contributed by atoms with Gasteiger partial charge in [-0.1, -0.05) is 0 Å². The molecule has 1 aliphatic heterocycles. The fraction of sp³-hybridized carbons (Fsp3) is 0.550. The highest BCUT2D eigenvalue weighted by Crippen LogP contribution is 2.34. The smallest absolute Gasteiger partial charge is 0.224 e. The number of hydrogen-bond donors (Lipinski definition) is 1. The fourth-order valence-electron chi connectivity index (χ4n) is 3.47. The second-order valence-corrected chi connectivity index (χ2v) is 8.39. The Morgan fingerprint density at radius 1 is 1.33 bits per heavy atom. The van der Waals surface area contributed by atoms with Crippen LogP contribution in [0.2, 0.25) is 0 Å². The van der Waals surface area contributed by atoms with Crippen LogP contribution >= 0.6 is 11.3 Å². The van der Waals surface area contributed by atoms with Gasteiger partial charge in [-0.25, -0.2) is 0 Å². The Bertz CT molecular complexity index is 741. The molecule has 1 amide bonds. The molecule has 0 aromatic carbocycles. The van der Waals surface area contributed by atoms with Gasteiger partial charge in [0.25, 0.3) is 0 Å². The van der Waals surface area contributed by atoms with Crippen LogP contribution in [0, 0.1) is 5.92 Å². The maximum Gasteiger partial charge on any atom is 0.224 e. The number of anilines is 1. The quantitative estimate of drug-likeness (QED) is 0.751. The maximum absolute atomic E-state index is 12.6. The summed E-state index contributed by atoms with van der Waals surface area (Å²) in [6.07, 6.45) is 3.97. The van der Waals surface area contributed by atoms with Gasteiger partial charge >= 0.3 is 0 Å². The molecule has 0 bridgehead atoms. The number of amides is 1. The molecule has 2 aliphatic rings. The van der Waals surface area contributed by atoms with Crippen molar-refractivity contribution in [2.45, 2.75) is 38.5 Å². The summed E-state index contributed by atoms with van der Waals surface area (Å²) in [7, 11) is 0. The van der Waals surface area contributed by atoms with E-state index in [-0.39, 0.29) is 12.5 Å². The van der Waals surface area contributed by atoms with Crippen LogP contribution in [-0.4, -0.2) is 48.3 Å². The molecular formula is C20H26N2O4S. The van der Waals surface area contributed by atoms with E-state index >= 15 is 0 Å². The van der Waals surface area contributed by atoms with Gasteiger partial charge in [0.2, 0.25) is 5.91 Å². The number of nitrogens with zero attached hydrogens (tertiary/aromatic N) is 2. The molecule has 2 aromatic rings. The lowest BCUT2D eigenvalue weighted by Crippen LogP contribution is -2.41. The van der Waals surface area contributed by atoms with E-state index in [0.29, 0.717) is 38.6 Å². The molecule has 1 atom stereocenters. The monoisotopic (exact) mass is 390 g/mol. The van der Waals surface area contributed by atoms with Crippen molar-refractivity contribution >= 4 is 22.9 Å². The van der Waals surface area contributed by atoms with Crippen molar-refractivity contribution in [3.05, 3.63) is 40.5 Å². The summed E-state index contributed by atoms with van der Waals surface area (Å²) < 4.78 is 10.8. The first-order valence-electron chi connectivity index (χ1n) is 9.56. The number of ether oxygens (including phenoxy) is 1. The molecule has 0 radical (unpaired) electrons. The molecule has 6 nitrogen and oxygen atoms in total. The lowest BCUT2D eigenvalue weighted by Gasteiger charge is -2.32. The van der Waals surface area contributed by atoms with Crippen molar-refractivity contribution in [2.75, 3.05) is 31.1 Å². The highest BCUT2D eigenvalue weighted by Gasteiger charge is 2.30. The number of fused-ring (bicyclic) bond motifs is 1. The van der Waals surface area contributed by atoms with Gasteiger partial charge in [0.1, 0.15) is 12.4 Å². The number of carbonyl (C=O) groups is 1. The van der Waals surface area contributed by atoms with E-state index in [0.717, 1.165) is 18.0 Å². The van der Waals surface area contributed by atoms with Crippen LogP contribution in [0.5, 0.6) is 0 Å². The van der Waals surface area contributed by atoms with Gasteiger partial charge in [0.05, 0.1) is 31.2 Å². The molecule has 4 rings (SSSR count). The van der Waals surface area contributed by atoms with Gasteiger partial charge in [0, 0.05) is 30.9 Å². The molecule has 27 heavy (non-hydrogen) atoms. The first-order chi connectivity index (χ1) is 13.2. The second kappa shape index (κ2) is 8.46. The van der Waals surface area contributed by atoms with E-state index < -0.39 is 6.10 Å². The molecule has 2 aromatic heterocycles. The van der Waals surface area contributed by atoms with Crippen LogP contribution in [0.4, 0.5) is 5.69 Å². The first kappa shape index (κ1) is 18.5. The predicted octanol–water partition coefficient (Wildman–Crippen LogP) is 2.87. The molecule has 1 fully saturated rings. The average molecular weight is 391 g/mol. The van der Waals surface area contributed by atoms with E-state index in [1.165, 1.54) is 17.7 Å². The van der Waals surface area contributed by atoms with Crippen molar-refractivity contribution in [1.29, 1.82) is 0 Å². The third-order valence-corrected chi connectivity index (χ3v) is 5.98. The Balaban J connectivity index is 1.35. The Labute approximate surface area is 163 Å². The van der Waals surface area contributed by atoms with Crippen molar-refractivity contribution in [3.8, 4) is 0 Å². The van der Waals surface area contributed by atoms with Crippen LogP contribution in [0.25, 0.3) is 0 Å². The molecule has 1 aliphatic carbocycles. The Morgan fingerprint density at radius 2 is 2.22 bits per heavy atom. The number of thiophene rings is 1. The normalized spacial score (nSPS) is 18.9. The third kappa shape index (κ3) is 4.91. The van der Waals surface area contributed by atoms with Gasteiger partial charge in [0.15, 0.2) is 0 Å².